The van der Waals surface area contributed by atoms with E-state index in [1.807, 2.05) is 0 Å². The van der Waals surface area contributed by atoms with Gasteiger partial charge in [0.25, 0.3) is 0 Å². The maximum atomic E-state index is 11.9. The van der Waals surface area contributed by atoms with Gasteiger partial charge >= 0.3 is 0 Å². The zero-order chi connectivity index (χ0) is 14.0. The van der Waals surface area contributed by atoms with Gasteiger partial charge in [-0.25, -0.2) is 0 Å². The normalized spacial score (nSPS) is 10.4. The van der Waals surface area contributed by atoms with E-state index in [0.29, 0.717) is 23.1 Å². The zero-order valence-corrected chi connectivity index (χ0v) is 11.0. The van der Waals surface area contributed by atoms with Crippen molar-refractivity contribution in [2.45, 2.75) is 13.3 Å². The molecule has 5 nitrogen and oxygen atoms in total. The van der Waals surface area contributed by atoms with E-state index in [-0.39, 0.29) is 22.1 Å². The molecule has 0 saturated heterocycles. The van der Waals surface area contributed by atoms with E-state index in [1.165, 1.54) is 6.07 Å². The molecule has 2 rings (SSSR count). The summed E-state index contributed by atoms with van der Waals surface area (Å²) in [5.41, 5.74) is 6.11. The van der Waals surface area contributed by atoms with Gasteiger partial charge < -0.3 is 15.5 Å². The Labute approximate surface area is 114 Å². The van der Waals surface area contributed by atoms with E-state index < -0.39 is 0 Å². The Balaban J connectivity index is 2.52. The van der Waals surface area contributed by atoms with Gasteiger partial charge in [0.2, 0.25) is 5.91 Å². The second kappa shape index (κ2) is 5.19. The van der Waals surface area contributed by atoms with Crippen molar-refractivity contribution in [3.05, 3.63) is 40.2 Å². The Morgan fingerprint density at radius 3 is 2.79 bits per heavy atom. The molecule has 0 unspecified atom stereocenters. The summed E-state index contributed by atoms with van der Waals surface area (Å²) in [5, 5.41) is 3.05. The molecule has 98 valence electrons. The van der Waals surface area contributed by atoms with E-state index in [9.17, 15) is 9.59 Å². The van der Waals surface area contributed by atoms with E-state index in [4.69, 9.17) is 22.4 Å². The van der Waals surface area contributed by atoms with Crippen LogP contribution in [0.2, 0.25) is 0 Å². The summed E-state index contributed by atoms with van der Waals surface area (Å²) in [6.45, 7) is 1.75. The van der Waals surface area contributed by atoms with Crippen molar-refractivity contribution >= 4 is 39.8 Å². The molecule has 0 saturated carbocycles. The Morgan fingerprint density at radius 1 is 1.42 bits per heavy atom. The van der Waals surface area contributed by atoms with Crippen LogP contribution in [0.15, 0.2) is 33.5 Å². The number of rotatable bonds is 3. The van der Waals surface area contributed by atoms with Crippen LogP contribution in [0, 0.1) is 0 Å². The van der Waals surface area contributed by atoms with Crippen LogP contribution in [0.1, 0.15) is 19.1 Å². The van der Waals surface area contributed by atoms with Gasteiger partial charge in [-0.3, -0.25) is 9.59 Å². The van der Waals surface area contributed by atoms with E-state index in [0.717, 1.165) is 0 Å². The van der Waals surface area contributed by atoms with Gasteiger partial charge in [0.1, 0.15) is 10.6 Å². The molecule has 0 aliphatic carbocycles. The van der Waals surface area contributed by atoms with Gasteiger partial charge in [-0.2, -0.15) is 0 Å². The number of fused-ring (bicyclic) bond motifs is 1. The first-order chi connectivity index (χ1) is 9.01. The van der Waals surface area contributed by atoms with Crippen LogP contribution in [0.3, 0.4) is 0 Å². The number of nitrogens with two attached hydrogens (primary N) is 1. The predicted octanol–water partition coefficient (Wildman–Crippen LogP) is 1.78. The molecule has 2 aromatic rings. The molecular formula is C13H12N2O3S. The minimum absolute atomic E-state index is 0.0300. The third-order valence-corrected chi connectivity index (χ3v) is 2.78. The molecule has 0 bridgehead atoms. The molecule has 1 heterocycles. The van der Waals surface area contributed by atoms with Crippen LogP contribution < -0.4 is 16.5 Å². The first kappa shape index (κ1) is 13.2. The van der Waals surface area contributed by atoms with Crippen molar-refractivity contribution in [1.29, 1.82) is 0 Å². The molecule has 0 radical (unpaired) electrons. The van der Waals surface area contributed by atoms with Crippen molar-refractivity contribution in [1.82, 2.24) is 0 Å². The Kier molecular flexibility index (Phi) is 3.62. The summed E-state index contributed by atoms with van der Waals surface area (Å²) in [4.78, 5) is 23.3. The van der Waals surface area contributed by atoms with Gasteiger partial charge in [-0.05, 0) is 18.2 Å². The van der Waals surface area contributed by atoms with E-state index >= 15 is 0 Å². The molecule has 0 atom stereocenters. The number of carbonyl (C=O) groups excluding carboxylic acids is 1. The number of carbonyl (C=O) groups is 1. The lowest BCUT2D eigenvalue weighted by atomic mass is 10.2. The van der Waals surface area contributed by atoms with E-state index in [2.05, 4.69) is 5.32 Å². The molecule has 0 spiro atoms. The number of thiocarbonyl (C=S) groups is 1. The molecule has 3 N–H and O–H groups in total. The molecule has 6 heteroatoms. The minimum Gasteiger partial charge on any atom is -0.453 e. The Morgan fingerprint density at radius 2 is 2.16 bits per heavy atom. The maximum Gasteiger partial charge on any atom is 0.224 e. The molecule has 0 aliphatic heterocycles. The quantitative estimate of drug-likeness (QED) is 0.835. The van der Waals surface area contributed by atoms with Crippen molar-refractivity contribution in [2.75, 3.05) is 5.32 Å². The van der Waals surface area contributed by atoms with E-state index in [1.54, 1.807) is 25.1 Å². The second-order valence-corrected chi connectivity index (χ2v) is 4.39. The number of amides is 1. The third kappa shape index (κ3) is 2.79. The Hall–Kier alpha value is -2.21. The topological polar surface area (TPSA) is 85.3 Å². The highest BCUT2D eigenvalue weighted by atomic mass is 32.1. The second-order valence-electron chi connectivity index (χ2n) is 3.95. The first-order valence-corrected chi connectivity index (χ1v) is 6.09. The summed E-state index contributed by atoms with van der Waals surface area (Å²) >= 11 is 4.77. The number of anilines is 1. The summed E-state index contributed by atoms with van der Waals surface area (Å²) in [7, 11) is 0. The van der Waals surface area contributed by atoms with Crippen molar-refractivity contribution in [3.8, 4) is 0 Å². The summed E-state index contributed by atoms with van der Waals surface area (Å²) in [5.74, 6) is 0.0568. The molecular weight excluding hydrogens is 264 g/mol. The lowest BCUT2D eigenvalue weighted by Crippen LogP contribution is -2.14. The van der Waals surface area contributed by atoms with Crippen molar-refractivity contribution in [2.24, 2.45) is 5.73 Å². The van der Waals surface area contributed by atoms with Crippen LogP contribution in [0.5, 0.6) is 0 Å². The zero-order valence-electron chi connectivity index (χ0n) is 10.2. The highest BCUT2D eigenvalue weighted by Crippen LogP contribution is 2.17. The standard InChI is InChI=1S/C13H12N2O3S/c1-2-12(17)15-7-3-4-10-8(5-7)9(16)6-11(18-10)13(14)19/h3-6H,2H2,1H3,(H2,14,19)(H,15,17). The van der Waals surface area contributed by atoms with Crippen molar-refractivity contribution < 1.29 is 9.21 Å². The van der Waals surface area contributed by atoms with Crippen LogP contribution in [0.4, 0.5) is 5.69 Å². The molecule has 19 heavy (non-hydrogen) atoms. The maximum absolute atomic E-state index is 11.9. The van der Waals surface area contributed by atoms with Crippen LogP contribution in [0.25, 0.3) is 11.0 Å². The SMILES string of the molecule is CCC(=O)Nc1ccc2oc(C(N)=S)cc(=O)c2c1. The largest absolute Gasteiger partial charge is 0.453 e. The smallest absolute Gasteiger partial charge is 0.224 e. The van der Waals surface area contributed by atoms with Crippen molar-refractivity contribution in [3.63, 3.8) is 0 Å². The fourth-order valence-corrected chi connectivity index (χ4v) is 1.71. The third-order valence-electron chi connectivity index (χ3n) is 2.57. The number of hydrogen-bond donors (Lipinski definition) is 2. The van der Waals surface area contributed by atoms with Crippen LogP contribution in [-0.4, -0.2) is 10.9 Å². The molecule has 1 amide bonds. The first-order valence-electron chi connectivity index (χ1n) is 5.69. The van der Waals surface area contributed by atoms with Gasteiger partial charge in [-0.1, -0.05) is 19.1 Å². The molecule has 0 fully saturated rings. The number of hydrogen-bond acceptors (Lipinski definition) is 4. The minimum atomic E-state index is -0.253. The van der Waals surface area contributed by atoms with Gasteiger partial charge in [0.15, 0.2) is 11.2 Å². The summed E-state index contributed by atoms with van der Waals surface area (Å²) in [6.07, 6.45) is 0.368. The lowest BCUT2D eigenvalue weighted by Gasteiger charge is -2.05. The average Bonchev–Trinajstić information content (AvgIpc) is 2.39. The molecule has 1 aromatic heterocycles. The molecule has 0 aliphatic rings. The summed E-state index contributed by atoms with van der Waals surface area (Å²) in [6, 6.07) is 6.07. The average molecular weight is 276 g/mol. The number of nitrogens with one attached hydrogen (secondary N) is 1. The number of benzene rings is 1. The fraction of sp³-hybridized carbons (Fsp3) is 0.154. The van der Waals surface area contributed by atoms with Gasteiger partial charge in [0, 0.05) is 18.2 Å². The lowest BCUT2D eigenvalue weighted by molar-refractivity contribution is -0.115. The monoisotopic (exact) mass is 276 g/mol. The highest BCUT2D eigenvalue weighted by Gasteiger charge is 2.08. The molecule has 1 aromatic carbocycles. The fourth-order valence-electron chi connectivity index (χ4n) is 1.60. The highest BCUT2D eigenvalue weighted by molar-refractivity contribution is 7.80. The van der Waals surface area contributed by atoms with Crippen LogP contribution in [-0.2, 0) is 4.79 Å². The predicted molar refractivity (Wildman–Crippen MR) is 77.3 cm³/mol. The van der Waals surface area contributed by atoms with Gasteiger partial charge in [-0.15, -0.1) is 0 Å². The van der Waals surface area contributed by atoms with Gasteiger partial charge in [0.05, 0.1) is 5.39 Å². The Bertz CT molecular complexity index is 721. The summed E-state index contributed by atoms with van der Waals surface area (Å²) < 4.78 is 5.41. The van der Waals surface area contributed by atoms with Crippen LogP contribution >= 0.6 is 12.2 Å².